The van der Waals surface area contributed by atoms with Crippen LogP contribution < -0.4 is 0 Å². The van der Waals surface area contributed by atoms with Gasteiger partial charge in [-0.05, 0) is 38.5 Å². The normalized spacial score (nSPS) is 14.2. The molecule has 0 spiro atoms. The number of aliphatic imine (C=N–C) groups is 1. The van der Waals surface area contributed by atoms with Crippen molar-refractivity contribution in [3.63, 3.8) is 0 Å². The fourth-order valence-corrected chi connectivity index (χ4v) is 5.26. The van der Waals surface area contributed by atoms with Crippen LogP contribution in [0.1, 0.15) is 31.9 Å². The summed E-state index contributed by atoms with van der Waals surface area (Å²) in [7, 11) is -0.692. The summed E-state index contributed by atoms with van der Waals surface area (Å²) >= 11 is 6.03. The van der Waals surface area contributed by atoms with Crippen molar-refractivity contribution < 1.29 is 22.7 Å². The molecule has 9 nitrogen and oxygen atoms in total. The summed E-state index contributed by atoms with van der Waals surface area (Å²) in [4.78, 5) is 32.6. The van der Waals surface area contributed by atoms with Gasteiger partial charge in [0.05, 0.1) is 18.1 Å². The number of sulfonamides is 1. The minimum Gasteiger partial charge on any atom is -0.443 e. The van der Waals surface area contributed by atoms with E-state index in [1.807, 2.05) is 45.0 Å². The maximum atomic E-state index is 12.7. The van der Waals surface area contributed by atoms with Gasteiger partial charge in [-0.25, -0.2) is 13.2 Å². The highest BCUT2D eigenvalue weighted by Crippen LogP contribution is 2.23. The van der Waals surface area contributed by atoms with Crippen molar-refractivity contribution in [2.45, 2.75) is 37.8 Å². The smallest absolute Gasteiger partial charge is 0.416 e. The van der Waals surface area contributed by atoms with Gasteiger partial charge in [0.15, 0.2) is 0 Å². The Labute approximate surface area is 229 Å². The average molecular weight is 561 g/mol. The van der Waals surface area contributed by atoms with Crippen molar-refractivity contribution in [3.8, 4) is 0 Å². The van der Waals surface area contributed by atoms with Crippen LogP contribution in [0.3, 0.4) is 0 Å². The first-order chi connectivity index (χ1) is 17.8. The number of hydrogen-bond acceptors (Lipinski definition) is 6. The molecule has 0 radical (unpaired) electrons. The average Bonchev–Trinajstić information content (AvgIpc) is 3.33. The van der Waals surface area contributed by atoms with Gasteiger partial charge in [0.1, 0.15) is 16.3 Å². The van der Waals surface area contributed by atoms with Crippen LogP contribution in [0.4, 0.5) is 4.79 Å². The molecule has 2 aromatic rings. The number of amidine groups is 1. The molecule has 0 bridgehead atoms. The fourth-order valence-electron chi connectivity index (χ4n) is 3.65. The minimum absolute atomic E-state index is 0.0120. The molecule has 1 aliphatic rings. The van der Waals surface area contributed by atoms with Crippen molar-refractivity contribution in [2.75, 3.05) is 33.7 Å². The molecule has 0 fully saturated rings. The van der Waals surface area contributed by atoms with E-state index in [4.69, 9.17) is 16.3 Å². The van der Waals surface area contributed by atoms with Crippen LogP contribution >= 0.6 is 11.6 Å². The van der Waals surface area contributed by atoms with Crippen LogP contribution in [-0.4, -0.2) is 79.7 Å². The van der Waals surface area contributed by atoms with E-state index in [2.05, 4.69) is 4.99 Å². The number of rotatable bonds is 8. The van der Waals surface area contributed by atoms with E-state index < -0.39 is 21.7 Å². The summed E-state index contributed by atoms with van der Waals surface area (Å²) in [5, 5.41) is 0.141. The van der Waals surface area contributed by atoms with Crippen LogP contribution in [0.15, 0.2) is 70.6 Å². The summed E-state index contributed by atoms with van der Waals surface area (Å²) < 4.78 is 32.1. The van der Waals surface area contributed by atoms with Crippen LogP contribution in [0.2, 0.25) is 5.02 Å². The molecule has 0 aromatic heterocycles. The highest BCUT2D eigenvalue weighted by atomic mass is 35.5. The molecule has 204 valence electrons. The van der Waals surface area contributed by atoms with Crippen molar-refractivity contribution in [3.05, 3.63) is 76.8 Å². The van der Waals surface area contributed by atoms with Gasteiger partial charge >= 0.3 is 6.09 Å². The SMILES string of the molecule is CN(Cc1ccc(C2=NCCN2C(=O)OC(C)(C)C)cc1)C(=O)C=CCN(C)S(=O)(=O)c1ccccc1Cl. The van der Waals surface area contributed by atoms with E-state index in [0.717, 1.165) is 15.4 Å². The van der Waals surface area contributed by atoms with E-state index in [-0.39, 0.29) is 22.4 Å². The van der Waals surface area contributed by atoms with Gasteiger partial charge in [-0.1, -0.05) is 54.1 Å². The summed E-state index contributed by atoms with van der Waals surface area (Å²) in [6, 6.07) is 13.7. The first-order valence-electron chi connectivity index (χ1n) is 12.1. The Balaban J connectivity index is 1.57. The van der Waals surface area contributed by atoms with E-state index in [0.29, 0.717) is 25.5 Å². The number of benzene rings is 2. The summed E-state index contributed by atoms with van der Waals surface area (Å²) in [5.74, 6) is 0.294. The lowest BCUT2D eigenvalue weighted by molar-refractivity contribution is -0.125. The first-order valence-corrected chi connectivity index (χ1v) is 13.9. The molecule has 11 heteroatoms. The Morgan fingerprint density at radius 3 is 2.39 bits per heavy atom. The minimum atomic E-state index is -3.78. The van der Waals surface area contributed by atoms with Crippen molar-refractivity contribution in [1.29, 1.82) is 0 Å². The van der Waals surface area contributed by atoms with Crippen LogP contribution in [0.5, 0.6) is 0 Å². The van der Waals surface area contributed by atoms with Crippen molar-refractivity contribution in [1.82, 2.24) is 14.1 Å². The molecule has 1 heterocycles. The molecule has 0 unspecified atom stereocenters. The topological polar surface area (TPSA) is 99.6 Å². The molecule has 2 amide bonds. The van der Waals surface area contributed by atoms with Crippen LogP contribution in [-0.2, 0) is 26.1 Å². The van der Waals surface area contributed by atoms with Crippen LogP contribution in [0, 0.1) is 0 Å². The molecule has 0 saturated carbocycles. The maximum Gasteiger partial charge on any atom is 0.416 e. The lowest BCUT2D eigenvalue weighted by atomic mass is 10.1. The zero-order valence-corrected chi connectivity index (χ0v) is 23.8. The van der Waals surface area contributed by atoms with Gasteiger partial charge in [0, 0.05) is 38.8 Å². The number of hydrogen-bond donors (Lipinski definition) is 0. The Hall–Kier alpha value is -3.21. The van der Waals surface area contributed by atoms with Gasteiger partial charge in [-0.2, -0.15) is 4.31 Å². The zero-order valence-electron chi connectivity index (χ0n) is 22.2. The molecule has 0 N–H and O–H groups in total. The molecule has 1 aliphatic heterocycles. The number of ether oxygens (including phenoxy) is 1. The molecule has 0 atom stereocenters. The Kier molecular flexibility index (Phi) is 9.35. The van der Waals surface area contributed by atoms with E-state index in [9.17, 15) is 18.0 Å². The van der Waals surface area contributed by atoms with E-state index >= 15 is 0 Å². The van der Waals surface area contributed by atoms with Gasteiger partial charge in [0.25, 0.3) is 0 Å². The number of carbonyl (C=O) groups excluding carboxylic acids is 2. The summed E-state index contributed by atoms with van der Waals surface area (Å²) in [5.41, 5.74) is 1.08. The standard InChI is InChI=1S/C27H33ClN4O5S/c1-27(2,3)37-26(34)32-18-16-29-25(32)21-14-12-20(13-15-21)19-30(4)24(33)11-8-17-31(5)38(35,36)23-10-7-6-9-22(23)28/h6-15H,16-19H2,1-5H3. The molecule has 38 heavy (non-hydrogen) atoms. The third-order valence-electron chi connectivity index (χ3n) is 5.61. The van der Waals surface area contributed by atoms with Crippen molar-refractivity contribution >= 4 is 39.5 Å². The van der Waals surface area contributed by atoms with E-state index in [1.165, 1.54) is 41.1 Å². The predicted octanol–water partition coefficient (Wildman–Crippen LogP) is 4.17. The molecule has 0 aliphatic carbocycles. The summed E-state index contributed by atoms with van der Waals surface area (Å²) in [6.45, 7) is 6.79. The largest absolute Gasteiger partial charge is 0.443 e. The number of nitrogens with zero attached hydrogens (tertiary/aromatic N) is 4. The summed E-state index contributed by atoms with van der Waals surface area (Å²) in [6.07, 6.45) is 2.42. The lowest BCUT2D eigenvalue weighted by Crippen LogP contribution is -2.39. The third-order valence-corrected chi connectivity index (χ3v) is 7.93. The Morgan fingerprint density at radius 2 is 1.76 bits per heavy atom. The number of halogens is 1. The second kappa shape index (κ2) is 12.1. The molecule has 3 rings (SSSR count). The van der Waals surface area contributed by atoms with Gasteiger partial charge < -0.3 is 9.64 Å². The molecular formula is C27H33ClN4O5S. The molecular weight excluding hydrogens is 528 g/mol. The van der Waals surface area contributed by atoms with Gasteiger partial charge in [-0.3, -0.25) is 14.7 Å². The second-order valence-electron chi connectivity index (χ2n) is 9.85. The maximum absolute atomic E-state index is 12.7. The number of likely N-dealkylation sites (N-methyl/N-ethyl adjacent to an activating group) is 2. The van der Waals surface area contributed by atoms with Crippen LogP contribution in [0.25, 0.3) is 0 Å². The molecule has 0 saturated heterocycles. The second-order valence-corrected chi connectivity index (χ2v) is 12.3. The number of amides is 2. The zero-order chi connectivity index (χ0) is 28.1. The van der Waals surface area contributed by atoms with Crippen molar-refractivity contribution in [2.24, 2.45) is 4.99 Å². The Morgan fingerprint density at radius 1 is 1.11 bits per heavy atom. The monoisotopic (exact) mass is 560 g/mol. The molecule has 2 aromatic carbocycles. The lowest BCUT2D eigenvalue weighted by Gasteiger charge is -2.25. The highest BCUT2D eigenvalue weighted by molar-refractivity contribution is 7.89. The quantitative estimate of drug-likeness (QED) is 0.451. The van der Waals surface area contributed by atoms with E-state index in [1.54, 1.807) is 19.2 Å². The van der Waals surface area contributed by atoms with Gasteiger partial charge in [-0.15, -0.1) is 0 Å². The fraction of sp³-hybridized carbons (Fsp3) is 0.370. The predicted molar refractivity (Wildman–Crippen MR) is 148 cm³/mol. The number of carbonyl (C=O) groups is 2. The third kappa shape index (κ3) is 7.43. The highest BCUT2D eigenvalue weighted by Gasteiger charge is 2.29. The van der Waals surface area contributed by atoms with Gasteiger partial charge in [0.2, 0.25) is 15.9 Å². The Bertz CT molecular complexity index is 1330. The first kappa shape index (κ1) is 29.3.